The number of amides is 1. The molecular formula is C12H19Br2NO. The van der Waals surface area contributed by atoms with Gasteiger partial charge in [-0.3, -0.25) is 4.79 Å². The van der Waals surface area contributed by atoms with Crippen LogP contribution in [0.5, 0.6) is 0 Å². The van der Waals surface area contributed by atoms with E-state index in [0.29, 0.717) is 12.0 Å². The van der Waals surface area contributed by atoms with Gasteiger partial charge in [0.2, 0.25) is 5.91 Å². The summed E-state index contributed by atoms with van der Waals surface area (Å²) in [7, 11) is 0. The van der Waals surface area contributed by atoms with Crippen molar-refractivity contribution < 1.29 is 4.79 Å². The molecule has 3 atom stereocenters. The van der Waals surface area contributed by atoms with E-state index < -0.39 is 0 Å². The van der Waals surface area contributed by atoms with Gasteiger partial charge < -0.3 is 5.32 Å². The van der Waals surface area contributed by atoms with E-state index >= 15 is 0 Å². The molecule has 1 amide bonds. The number of hydrogen-bond acceptors (Lipinski definition) is 1. The van der Waals surface area contributed by atoms with E-state index in [1.54, 1.807) is 0 Å². The van der Waals surface area contributed by atoms with Crippen LogP contribution in [0.3, 0.4) is 0 Å². The molecule has 3 unspecified atom stereocenters. The predicted molar refractivity (Wildman–Crippen MR) is 72.9 cm³/mol. The maximum atomic E-state index is 12.2. The molecule has 0 bridgehead atoms. The molecule has 16 heavy (non-hydrogen) atoms. The monoisotopic (exact) mass is 351 g/mol. The van der Waals surface area contributed by atoms with Crippen LogP contribution < -0.4 is 5.32 Å². The van der Waals surface area contributed by atoms with Gasteiger partial charge in [-0.25, -0.2) is 0 Å². The highest BCUT2D eigenvalue weighted by atomic mass is 79.9. The van der Waals surface area contributed by atoms with E-state index in [2.05, 4.69) is 44.1 Å². The summed E-state index contributed by atoms with van der Waals surface area (Å²) in [6.07, 6.45) is 5.81. The summed E-state index contributed by atoms with van der Waals surface area (Å²) in [5.41, 5.74) is -0.274. The average molecular weight is 353 g/mol. The summed E-state index contributed by atoms with van der Waals surface area (Å²) in [5.74, 6) is 0.820. The Bertz CT molecular complexity index is 305. The molecule has 4 heteroatoms. The Morgan fingerprint density at radius 1 is 1.31 bits per heavy atom. The number of carbonyl (C=O) groups excluding carboxylic acids is 1. The molecule has 0 heterocycles. The first-order valence-electron chi connectivity index (χ1n) is 6.06. The summed E-state index contributed by atoms with van der Waals surface area (Å²) in [6, 6.07) is 0.384. The van der Waals surface area contributed by atoms with Crippen LogP contribution in [0.25, 0.3) is 0 Å². The van der Waals surface area contributed by atoms with Crippen LogP contribution in [0.1, 0.15) is 46.0 Å². The summed E-state index contributed by atoms with van der Waals surface area (Å²) in [6.45, 7) is 4.26. The van der Waals surface area contributed by atoms with Crippen LogP contribution >= 0.6 is 31.9 Å². The number of rotatable bonds is 2. The van der Waals surface area contributed by atoms with Gasteiger partial charge in [0, 0.05) is 6.04 Å². The normalized spacial score (nSPS) is 41.5. The van der Waals surface area contributed by atoms with E-state index in [4.69, 9.17) is 0 Å². The van der Waals surface area contributed by atoms with Crippen LogP contribution in [-0.4, -0.2) is 15.2 Å². The van der Waals surface area contributed by atoms with Gasteiger partial charge in [-0.15, -0.1) is 0 Å². The predicted octanol–water partition coefficient (Wildman–Crippen LogP) is 3.58. The SMILES string of the molecule is CC1CCCCC1NC(=O)C1(C)CC1(Br)Br. The minimum atomic E-state index is -0.274. The van der Waals surface area contributed by atoms with Crippen molar-refractivity contribution in [2.75, 3.05) is 0 Å². The average Bonchev–Trinajstić information content (AvgIpc) is 2.71. The van der Waals surface area contributed by atoms with Gasteiger partial charge in [0.15, 0.2) is 0 Å². The highest BCUT2D eigenvalue weighted by molar-refractivity contribution is 9.25. The Morgan fingerprint density at radius 2 is 1.88 bits per heavy atom. The van der Waals surface area contributed by atoms with E-state index in [-0.39, 0.29) is 14.6 Å². The zero-order valence-electron chi connectivity index (χ0n) is 9.85. The third-order valence-electron chi connectivity index (χ3n) is 4.19. The lowest BCUT2D eigenvalue weighted by atomic mass is 9.85. The van der Waals surface area contributed by atoms with E-state index in [1.807, 2.05) is 6.92 Å². The minimum Gasteiger partial charge on any atom is -0.353 e. The number of alkyl halides is 2. The van der Waals surface area contributed by atoms with Gasteiger partial charge >= 0.3 is 0 Å². The molecule has 2 fully saturated rings. The van der Waals surface area contributed by atoms with Gasteiger partial charge in [0.05, 0.1) is 8.65 Å². The van der Waals surface area contributed by atoms with Crippen molar-refractivity contribution in [1.82, 2.24) is 5.32 Å². The van der Waals surface area contributed by atoms with Crippen molar-refractivity contribution in [2.24, 2.45) is 11.3 Å². The first-order chi connectivity index (χ1) is 7.37. The highest BCUT2D eigenvalue weighted by Gasteiger charge is 2.66. The fourth-order valence-electron chi connectivity index (χ4n) is 2.50. The highest BCUT2D eigenvalue weighted by Crippen LogP contribution is 2.66. The Labute approximate surface area is 114 Å². The molecule has 0 aliphatic heterocycles. The van der Waals surface area contributed by atoms with Gasteiger partial charge in [-0.05, 0) is 32.1 Å². The van der Waals surface area contributed by atoms with Crippen LogP contribution in [-0.2, 0) is 4.79 Å². The number of nitrogens with one attached hydrogen (secondary N) is 1. The van der Waals surface area contributed by atoms with E-state index in [9.17, 15) is 4.79 Å². The quantitative estimate of drug-likeness (QED) is 0.756. The summed E-state index contributed by atoms with van der Waals surface area (Å²) >= 11 is 7.09. The maximum Gasteiger partial charge on any atom is 0.228 e. The number of halogens is 2. The van der Waals surface area contributed by atoms with Crippen LogP contribution in [0, 0.1) is 11.3 Å². The van der Waals surface area contributed by atoms with E-state index in [1.165, 1.54) is 19.3 Å². The Morgan fingerprint density at radius 3 is 2.38 bits per heavy atom. The number of hydrogen-bond donors (Lipinski definition) is 1. The second-order valence-corrected chi connectivity index (χ2v) is 9.33. The molecule has 2 aliphatic carbocycles. The molecule has 1 N–H and O–H groups in total. The molecule has 2 rings (SSSR count). The lowest BCUT2D eigenvalue weighted by Gasteiger charge is -2.30. The molecule has 0 aromatic rings. The van der Waals surface area contributed by atoms with Crippen molar-refractivity contribution in [1.29, 1.82) is 0 Å². The molecule has 0 saturated heterocycles. The van der Waals surface area contributed by atoms with Gasteiger partial charge in [0.1, 0.15) is 0 Å². The Balaban J connectivity index is 1.93. The van der Waals surface area contributed by atoms with Crippen molar-refractivity contribution in [2.45, 2.75) is 55.2 Å². The van der Waals surface area contributed by atoms with Crippen molar-refractivity contribution >= 4 is 37.8 Å². The second-order valence-electron chi connectivity index (χ2n) is 5.56. The van der Waals surface area contributed by atoms with Crippen LogP contribution in [0.2, 0.25) is 0 Å². The smallest absolute Gasteiger partial charge is 0.228 e. The zero-order chi connectivity index (χ0) is 12.0. The van der Waals surface area contributed by atoms with Crippen molar-refractivity contribution in [3.05, 3.63) is 0 Å². The molecule has 0 spiro atoms. The third kappa shape index (κ3) is 2.20. The summed E-state index contributed by atoms with van der Waals surface area (Å²) in [4.78, 5) is 12.2. The Kier molecular flexibility index (Phi) is 3.44. The molecule has 2 saturated carbocycles. The molecule has 2 aliphatic rings. The first kappa shape index (κ1) is 12.9. The first-order valence-corrected chi connectivity index (χ1v) is 7.64. The van der Waals surface area contributed by atoms with Gasteiger partial charge in [-0.2, -0.15) is 0 Å². The van der Waals surface area contributed by atoms with Crippen molar-refractivity contribution in [3.63, 3.8) is 0 Å². The number of carbonyl (C=O) groups is 1. The molecule has 2 nitrogen and oxygen atoms in total. The lowest BCUT2D eigenvalue weighted by Crippen LogP contribution is -2.44. The largest absolute Gasteiger partial charge is 0.353 e. The van der Waals surface area contributed by atoms with E-state index in [0.717, 1.165) is 12.8 Å². The molecule has 0 aromatic carbocycles. The van der Waals surface area contributed by atoms with Crippen LogP contribution in [0.15, 0.2) is 0 Å². The Hall–Kier alpha value is 0.430. The molecule has 0 aromatic heterocycles. The van der Waals surface area contributed by atoms with Gasteiger partial charge in [-0.1, -0.05) is 51.6 Å². The molecule has 0 radical (unpaired) electrons. The van der Waals surface area contributed by atoms with Crippen molar-refractivity contribution in [3.8, 4) is 0 Å². The fourth-order valence-corrected chi connectivity index (χ4v) is 3.99. The van der Waals surface area contributed by atoms with Gasteiger partial charge in [0.25, 0.3) is 0 Å². The molecule has 92 valence electrons. The lowest BCUT2D eigenvalue weighted by molar-refractivity contribution is -0.127. The minimum absolute atomic E-state index is 0.172. The third-order valence-corrected chi connectivity index (χ3v) is 6.50. The second kappa shape index (κ2) is 4.27. The summed E-state index contributed by atoms with van der Waals surface area (Å²) < 4.78 is -0.172. The topological polar surface area (TPSA) is 29.1 Å². The standard InChI is InChI=1S/C12H19Br2NO/c1-8-5-3-4-6-9(8)15-10(16)11(2)7-12(11,13)14/h8-9H,3-7H2,1-2H3,(H,15,16). The zero-order valence-corrected chi connectivity index (χ0v) is 13.0. The van der Waals surface area contributed by atoms with Crippen LogP contribution in [0.4, 0.5) is 0 Å². The maximum absolute atomic E-state index is 12.2. The molecular weight excluding hydrogens is 334 g/mol. The summed E-state index contributed by atoms with van der Waals surface area (Å²) in [5, 5.41) is 3.23. The fraction of sp³-hybridized carbons (Fsp3) is 0.917.